The molecule has 4 heteroatoms. The molecule has 2 nitrogen and oxygen atoms in total. The van der Waals surface area contributed by atoms with Crippen molar-refractivity contribution in [2.75, 3.05) is 29.5 Å². The van der Waals surface area contributed by atoms with E-state index in [-0.39, 0.29) is 0 Å². The van der Waals surface area contributed by atoms with Gasteiger partial charge in [-0.05, 0) is 25.0 Å². The van der Waals surface area contributed by atoms with E-state index in [1.54, 1.807) is 0 Å². The van der Waals surface area contributed by atoms with Crippen molar-refractivity contribution in [3.63, 3.8) is 0 Å². The second kappa shape index (κ2) is 5.72. The third-order valence-electron chi connectivity index (χ3n) is 3.59. The summed E-state index contributed by atoms with van der Waals surface area (Å²) in [5, 5.41) is 4.48. The highest BCUT2D eigenvalue weighted by molar-refractivity contribution is 7.99. The molecule has 1 heterocycles. The van der Waals surface area contributed by atoms with Crippen molar-refractivity contribution < 1.29 is 0 Å². The summed E-state index contributed by atoms with van der Waals surface area (Å²) in [5.41, 5.74) is 2.61. The van der Waals surface area contributed by atoms with Crippen molar-refractivity contribution in [3.05, 3.63) is 28.8 Å². The molecule has 1 N–H and O–H groups in total. The highest BCUT2D eigenvalue weighted by atomic mass is 35.5. The van der Waals surface area contributed by atoms with Gasteiger partial charge in [0.05, 0.1) is 0 Å². The molecule has 1 aromatic carbocycles. The summed E-state index contributed by atoms with van der Waals surface area (Å²) in [6.45, 7) is 3.19. The van der Waals surface area contributed by atoms with Gasteiger partial charge in [0.2, 0.25) is 0 Å². The monoisotopic (exact) mass is 282 g/mol. The van der Waals surface area contributed by atoms with Crippen molar-refractivity contribution in [2.45, 2.75) is 25.4 Å². The molecule has 0 atom stereocenters. The van der Waals surface area contributed by atoms with E-state index >= 15 is 0 Å². The van der Waals surface area contributed by atoms with Gasteiger partial charge in [-0.3, -0.25) is 0 Å². The van der Waals surface area contributed by atoms with Gasteiger partial charge in [0.1, 0.15) is 0 Å². The van der Waals surface area contributed by atoms with Crippen molar-refractivity contribution in [1.82, 2.24) is 5.32 Å². The van der Waals surface area contributed by atoms with E-state index in [0.717, 1.165) is 30.7 Å². The Morgan fingerprint density at radius 1 is 1.28 bits per heavy atom. The van der Waals surface area contributed by atoms with Crippen LogP contribution in [0.1, 0.15) is 18.4 Å². The van der Waals surface area contributed by atoms with Gasteiger partial charge in [-0.1, -0.05) is 17.7 Å². The summed E-state index contributed by atoms with van der Waals surface area (Å²) in [5.74, 6) is 2.45. The quantitative estimate of drug-likeness (QED) is 0.913. The molecule has 0 bridgehead atoms. The molecule has 98 valence electrons. The van der Waals surface area contributed by atoms with Crippen LogP contribution in [0.3, 0.4) is 0 Å². The van der Waals surface area contributed by atoms with E-state index in [4.69, 9.17) is 11.6 Å². The van der Waals surface area contributed by atoms with Crippen molar-refractivity contribution >= 4 is 29.1 Å². The van der Waals surface area contributed by atoms with E-state index in [1.165, 1.54) is 35.6 Å². The second-order valence-corrected chi connectivity index (χ2v) is 6.62. The molecule has 1 saturated carbocycles. The van der Waals surface area contributed by atoms with Gasteiger partial charge in [-0.2, -0.15) is 11.8 Å². The van der Waals surface area contributed by atoms with E-state index in [0.29, 0.717) is 0 Å². The lowest BCUT2D eigenvalue weighted by molar-refractivity contribution is 0.684. The first-order valence-electron chi connectivity index (χ1n) is 6.68. The van der Waals surface area contributed by atoms with Crippen LogP contribution >= 0.6 is 23.4 Å². The van der Waals surface area contributed by atoms with Crippen LogP contribution in [0.4, 0.5) is 5.69 Å². The Balaban J connectivity index is 1.79. The number of anilines is 1. The standard InChI is InChI=1S/C14H19ClN2S/c15-13-2-1-3-14(17-6-8-18-9-7-17)12(13)10-16-11-4-5-11/h1-3,11,16H,4-10H2. The highest BCUT2D eigenvalue weighted by Gasteiger charge is 2.22. The zero-order valence-electron chi connectivity index (χ0n) is 10.5. The molecule has 0 unspecified atom stereocenters. The van der Waals surface area contributed by atoms with Crippen LogP contribution in [0.2, 0.25) is 5.02 Å². The number of rotatable bonds is 4. The average Bonchev–Trinajstić information content (AvgIpc) is 3.22. The molecule has 1 aliphatic carbocycles. The molecule has 0 amide bonds. The van der Waals surface area contributed by atoms with Crippen LogP contribution in [0.15, 0.2) is 18.2 Å². The van der Waals surface area contributed by atoms with Crippen molar-refractivity contribution in [2.24, 2.45) is 0 Å². The lowest BCUT2D eigenvalue weighted by Crippen LogP contribution is -2.33. The highest BCUT2D eigenvalue weighted by Crippen LogP contribution is 2.30. The van der Waals surface area contributed by atoms with Crippen LogP contribution in [0.5, 0.6) is 0 Å². The number of halogens is 1. The Morgan fingerprint density at radius 2 is 2.06 bits per heavy atom. The summed E-state index contributed by atoms with van der Waals surface area (Å²) in [7, 11) is 0. The third-order valence-corrected chi connectivity index (χ3v) is 4.89. The molecule has 0 radical (unpaired) electrons. The Bertz CT molecular complexity index is 414. The van der Waals surface area contributed by atoms with E-state index in [2.05, 4.69) is 22.3 Å². The topological polar surface area (TPSA) is 15.3 Å². The number of benzene rings is 1. The fraction of sp³-hybridized carbons (Fsp3) is 0.571. The molecule has 3 rings (SSSR count). The van der Waals surface area contributed by atoms with Crippen LogP contribution in [-0.4, -0.2) is 30.6 Å². The summed E-state index contributed by atoms with van der Waals surface area (Å²) in [6, 6.07) is 7.02. The van der Waals surface area contributed by atoms with E-state index in [9.17, 15) is 0 Å². The predicted molar refractivity (Wildman–Crippen MR) is 80.9 cm³/mol. The summed E-state index contributed by atoms with van der Waals surface area (Å²) in [6.07, 6.45) is 2.64. The molecule has 18 heavy (non-hydrogen) atoms. The van der Waals surface area contributed by atoms with Crippen molar-refractivity contribution in [3.8, 4) is 0 Å². The van der Waals surface area contributed by atoms with Gasteiger partial charge in [0.25, 0.3) is 0 Å². The number of nitrogens with zero attached hydrogens (tertiary/aromatic N) is 1. The first-order chi connectivity index (χ1) is 8.84. The van der Waals surface area contributed by atoms with Crippen LogP contribution in [0, 0.1) is 0 Å². The van der Waals surface area contributed by atoms with Crippen molar-refractivity contribution in [1.29, 1.82) is 0 Å². The first kappa shape index (κ1) is 12.6. The summed E-state index contributed by atoms with van der Waals surface area (Å²) < 4.78 is 0. The zero-order valence-corrected chi connectivity index (χ0v) is 12.1. The minimum Gasteiger partial charge on any atom is -0.370 e. The summed E-state index contributed by atoms with van der Waals surface area (Å²) in [4.78, 5) is 2.48. The van der Waals surface area contributed by atoms with Gasteiger partial charge in [-0.25, -0.2) is 0 Å². The maximum atomic E-state index is 6.38. The minimum atomic E-state index is 0.728. The van der Waals surface area contributed by atoms with Gasteiger partial charge in [0, 0.05) is 53.5 Å². The Kier molecular flexibility index (Phi) is 4.02. The SMILES string of the molecule is Clc1cccc(N2CCSCC2)c1CNC1CC1. The van der Waals surface area contributed by atoms with Crippen LogP contribution < -0.4 is 10.2 Å². The Morgan fingerprint density at radius 3 is 2.78 bits per heavy atom. The largest absolute Gasteiger partial charge is 0.370 e. The van der Waals surface area contributed by atoms with E-state index < -0.39 is 0 Å². The molecule has 2 fully saturated rings. The van der Waals surface area contributed by atoms with Gasteiger partial charge in [0.15, 0.2) is 0 Å². The molecule has 0 spiro atoms. The first-order valence-corrected chi connectivity index (χ1v) is 8.21. The van der Waals surface area contributed by atoms with Crippen LogP contribution in [0.25, 0.3) is 0 Å². The molecule has 1 saturated heterocycles. The third kappa shape index (κ3) is 2.95. The fourth-order valence-corrected chi connectivity index (χ4v) is 3.50. The average molecular weight is 283 g/mol. The molecular weight excluding hydrogens is 264 g/mol. The lowest BCUT2D eigenvalue weighted by atomic mass is 10.1. The van der Waals surface area contributed by atoms with E-state index in [1.807, 2.05) is 17.8 Å². The summed E-state index contributed by atoms with van der Waals surface area (Å²) >= 11 is 8.42. The Hall–Kier alpha value is -0.380. The predicted octanol–water partition coefficient (Wildman–Crippen LogP) is 3.15. The van der Waals surface area contributed by atoms with Gasteiger partial charge >= 0.3 is 0 Å². The maximum Gasteiger partial charge on any atom is 0.0471 e. The molecule has 2 aliphatic rings. The lowest BCUT2D eigenvalue weighted by Gasteiger charge is -2.30. The van der Waals surface area contributed by atoms with Gasteiger partial charge in [-0.15, -0.1) is 0 Å². The molecular formula is C14H19ClN2S. The number of hydrogen-bond acceptors (Lipinski definition) is 3. The van der Waals surface area contributed by atoms with Crippen LogP contribution in [-0.2, 0) is 6.54 Å². The number of hydrogen-bond donors (Lipinski definition) is 1. The molecule has 0 aromatic heterocycles. The Labute approximate surface area is 118 Å². The molecule has 1 aliphatic heterocycles. The smallest absolute Gasteiger partial charge is 0.0471 e. The molecule has 1 aromatic rings. The van der Waals surface area contributed by atoms with Gasteiger partial charge < -0.3 is 10.2 Å². The fourth-order valence-electron chi connectivity index (χ4n) is 2.36. The zero-order chi connectivity index (χ0) is 12.4. The minimum absolute atomic E-state index is 0.728. The maximum absolute atomic E-state index is 6.38. The normalized spacial score (nSPS) is 20.2. The number of thioether (sulfide) groups is 1. The second-order valence-electron chi connectivity index (χ2n) is 4.99. The number of nitrogens with one attached hydrogen (secondary N) is 1.